The predicted molar refractivity (Wildman–Crippen MR) is 32.2 cm³/mol. The molecule has 0 bridgehead atoms. The van der Waals surface area contributed by atoms with E-state index in [2.05, 4.69) is 22.4 Å². The normalized spacial score (nSPS) is 33.0. The standard InChI is InChI=1S/C5H8BrO/c6-5-3-1-2-4-7-5/h1,5H,2-4H2. The second-order valence-electron chi connectivity index (χ2n) is 1.59. The van der Waals surface area contributed by atoms with Crippen LogP contribution < -0.4 is 0 Å². The van der Waals surface area contributed by atoms with Crippen molar-refractivity contribution >= 4 is 15.9 Å². The van der Waals surface area contributed by atoms with Crippen LogP contribution in [0.15, 0.2) is 0 Å². The fourth-order valence-electron chi connectivity index (χ4n) is 0.596. The van der Waals surface area contributed by atoms with Gasteiger partial charge in [0.25, 0.3) is 0 Å². The third-order valence-corrected chi connectivity index (χ3v) is 1.61. The minimum absolute atomic E-state index is 0.293. The smallest absolute Gasteiger partial charge is 0.112 e. The van der Waals surface area contributed by atoms with Gasteiger partial charge in [-0.15, -0.1) is 0 Å². The lowest BCUT2D eigenvalue weighted by Gasteiger charge is -2.15. The van der Waals surface area contributed by atoms with Gasteiger partial charge in [0.1, 0.15) is 5.01 Å². The van der Waals surface area contributed by atoms with Crippen molar-refractivity contribution in [2.75, 3.05) is 6.61 Å². The fraction of sp³-hybridized carbons (Fsp3) is 0.800. The van der Waals surface area contributed by atoms with Crippen molar-refractivity contribution in [2.45, 2.75) is 17.9 Å². The van der Waals surface area contributed by atoms with Gasteiger partial charge in [0, 0.05) is 6.61 Å². The van der Waals surface area contributed by atoms with Crippen molar-refractivity contribution in [1.82, 2.24) is 0 Å². The van der Waals surface area contributed by atoms with Gasteiger partial charge in [-0.3, -0.25) is 0 Å². The first-order chi connectivity index (χ1) is 3.39. The number of rotatable bonds is 0. The molecule has 1 fully saturated rings. The zero-order valence-electron chi connectivity index (χ0n) is 4.06. The van der Waals surface area contributed by atoms with Gasteiger partial charge in [-0.2, -0.15) is 0 Å². The number of halogens is 1. The monoisotopic (exact) mass is 163 g/mol. The zero-order chi connectivity index (χ0) is 5.11. The lowest BCUT2D eigenvalue weighted by Crippen LogP contribution is -2.11. The molecule has 1 heterocycles. The predicted octanol–water partition coefficient (Wildman–Crippen LogP) is 1.72. The first-order valence-corrected chi connectivity index (χ1v) is 3.38. The maximum absolute atomic E-state index is 5.16. The average molecular weight is 164 g/mol. The van der Waals surface area contributed by atoms with Crippen LogP contribution in [0.5, 0.6) is 0 Å². The molecule has 2 heteroatoms. The number of ether oxygens (including phenoxy) is 1. The van der Waals surface area contributed by atoms with Gasteiger partial charge in [-0.1, -0.05) is 15.9 Å². The van der Waals surface area contributed by atoms with Gasteiger partial charge in [-0.25, -0.2) is 0 Å². The molecule has 1 nitrogen and oxygen atoms in total. The summed E-state index contributed by atoms with van der Waals surface area (Å²) in [5.41, 5.74) is 0. The van der Waals surface area contributed by atoms with Crippen molar-refractivity contribution in [1.29, 1.82) is 0 Å². The molecule has 1 rings (SSSR count). The molecule has 0 aliphatic carbocycles. The third kappa shape index (κ3) is 1.78. The van der Waals surface area contributed by atoms with E-state index < -0.39 is 0 Å². The quantitative estimate of drug-likeness (QED) is 0.495. The highest BCUT2D eigenvalue weighted by molar-refractivity contribution is 9.09. The molecule has 1 saturated heterocycles. The molecule has 1 atom stereocenters. The van der Waals surface area contributed by atoms with Gasteiger partial charge >= 0.3 is 0 Å². The molecular formula is C5H8BrO. The summed E-state index contributed by atoms with van der Waals surface area (Å²) in [4.78, 5) is 0. The first kappa shape index (κ1) is 5.57. The summed E-state index contributed by atoms with van der Waals surface area (Å²) in [5, 5.41) is 0.293. The molecule has 0 spiro atoms. The topological polar surface area (TPSA) is 9.23 Å². The Kier molecular flexibility index (Phi) is 2.13. The SMILES string of the molecule is BrC1C[CH]CCO1. The Morgan fingerprint density at radius 2 is 2.57 bits per heavy atom. The molecule has 41 valence electrons. The molecule has 0 aromatic heterocycles. The summed E-state index contributed by atoms with van der Waals surface area (Å²) in [7, 11) is 0. The van der Waals surface area contributed by atoms with Gasteiger partial charge < -0.3 is 4.74 Å². The van der Waals surface area contributed by atoms with Crippen molar-refractivity contribution in [3.8, 4) is 0 Å². The van der Waals surface area contributed by atoms with E-state index in [0.29, 0.717) is 5.01 Å². The molecule has 0 aromatic rings. The van der Waals surface area contributed by atoms with Gasteiger partial charge in [0.15, 0.2) is 0 Å². The summed E-state index contributed by atoms with van der Waals surface area (Å²) in [6.07, 6.45) is 4.41. The van der Waals surface area contributed by atoms with Crippen molar-refractivity contribution in [2.24, 2.45) is 0 Å². The molecule has 0 saturated carbocycles. The Labute approximate surface area is 52.2 Å². The highest BCUT2D eigenvalue weighted by atomic mass is 79.9. The van der Waals surface area contributed by atoms with Gasteiger partial charge in [0.05, 0.1) is 0 Å². The van der Waals surface area contributed by atoms with E-state index in [1.807, 2.05) is 0 Å². The van der Waals surface area contributed by atoms with Crippen molar-refractivity contribution < 1.29 is 4.74 Å². The molecule has 1 unspecified atom stereocenters. The number of hydrogen-bond donors (Lipinski definition) is 0. The summed E-state index contributed by atoms with van der Waals surface area (Å²) in [6, 6.07) is 0. The summed E-state index contributed by atoms with van der Waals surface area (Å²) < 4.78 is 5.16. The van der Waals surface area contributed by atoms with Gasteiger partial charge in [0.2, 0.25) is 0 Å². The molecule has 0 aromatic carbocycles. The fourth-order valence-corrected chi connectivity index (χ4v) is 1.05. The van der Waals surface area contributed by atoms with E-state index in [1.54, 1.807) is 0 Å². The summed E-state index contributed by atoms with van der Waals surface area (Å²) in [5.74, 6) is 0. The zero-order valence-corrected chi connectivity index (χ0v) is 5.65. The molecular weight excluding hydrogens is 156 g/mol. The van der Waals surface area contributed by atoms with Gasteiger partial charge in [-0.05, 0) is 19.3 Å². The van der Waals surface area contributed by atoms with Crippen LogP contribution in [0.4, 0.5) is 0 Å². The summed E-state index contributed by atoms with van der Waals surface area (Å²) in [6.45, 7) is 0.885. The van der Waals surface area contributed by atoms with E-state index in [-0.39, 0.29) is 0 Å². The Morgan fingerprint density at radius 1 is 1.71 bits per heavy atom. The minimum Gasteiger partial charge on any atom is -0.367 e. The van der Waals surface area contributed by atoms with Crippen LogP contribution >= 0.6 is 15.9 Å². The van der Waals surface area contributed by atoms with Crippen molar-refractivity contribution in [3.63, 3.8) is 0 Å². The van der Waals surface area contributed by atoms with E-state index in [4.69, 9.17) is 4.74 Å². The molecule has 1 aliphatic rings. The van der Waals surface area contributed by atoms with E-state index >= 15 is 0 Å². The molecule has 7 heavy (non-hydrogen) atoms. The minimum atomic E-state index is 0.293. The lowest BCUT2D eigenvalue weighted by molar-refractivity contribution is 0.0969. The van der Waals surface area contributed by atoms with Crippen LogP contribution in [0.2, 0.25) is 0 Å². The Morgan fingerprint density at radius 3 is 2.86 bits per heavy atom. The maximum Gasteiger partial charge on any atom is 0.112 e. The Balaban J connectivity index is 2.12. The second-order valence-corrected chi connectivity index (χ2v) is 2.62. The van der Waals surface area contributed by atoms with E-state index in [0.717, 1.165) is 19.4 Å². The second kappa shape index (κ2) is 2.68. The third-order valence-electron chi connectivity index (χ3n) is 0.973. The molecule has 0 amide bonds. The maximum atomic E-state index is 5.16. The molecule has 0 N–H and O–H groups in total. The summed E-state index contributed by atoms with van der Waals surface area (Å²) >= 11 is 3.33. The van der Waals surface area contributed by atoms with Crippen LogP contribution in [0.25, 0.3) is 0 Å². The van der Waals surface area contributed by atoms with Crippen LogP contribution in [0.1, 0.15) is 12.8 Å². The lowest BCUT2D eigenvalue weighted by atomic mass is 10.2. The van der Waals surface area contributed by atoms with Crippen LogP contribution in [0.3, 0.4) is 0 Å². The number of hydrogen-bond acceptors (Lipinski definition) is 1. The van der Waals surface area contributed by atoms with Crippen LogP contribution in [0, 0.1) is 6.42 Å². The Bertz CT molecular complexity index is 50.0. The largest absolute Gasteiger partial charge is 0.367 e. The molecule has 1 aliphatic heterocycles. The molecule has 1 radical (unpaired) electrons. The number of alkyl halides is 1. The van der Waals surface area contributed by atoms with Crippen molar-refractivity contribution in [3.05, 3.63) is 6.42 Å². The Hall–Kier alpha value is 0.440. The van der Waals surface area contributed by atoms with E-state index in [1.165, 1.54) is 0 Å². The highest BCUT2D eigenvalue weighted by Crippen LogP contribution is 2.15. The first-order valence-electron chi connectivity index (χ1n) is 2.47. The highest BCUT2D eigenvalue weighted by Gasteiger charge is 2.07. The van der Waals surface area contributed by atoms with Crippen LogP contribution in [-0.2, 0) is 4.74 Å². The van der Waals surface area contributed by atoms with Crippen LogP contribution in [-0.4, -0.2) is 11.6 Å². The van der Waals surface area contributed by atoms with E-state index in [9.17, 15) is 0 Å². The average Bonchev–Trinajstić information content (AvgIpc) is 1.69.